The van der Waals surface area contributed by atoms with E-state index in [1.807, 2.05) is 0 Å². The third kappa shape index (κ3) is 3.74. The second kappa shape index (κ2) is 5.83. The highest BCUT2D eigenvalue weighted by Gasteiger charge is 2.17. The van der Waals surface area contributed by atoms with Gasteiger partial charge in [0.2, 0.25) is 0 Å². The summed E-state index contributed by atoms with van der Waals surface area (Å²) in [7, 11) is 0. The van der Waals surface area contributed by atoms with Crippen LogP contribution in [0.5, 0.6) is 0 Å². The van der Waals surface area contributed by atoms with Crippen LogP contribution in [-0.2, 0) is 0 Å². The summed E-state index contributed by atoms with van der Waals surface area (Å²) in [6, 6.07) is 0. The van der Waals surface area contributed by atoms with Gasteiger partial charge < -0.3 is 15.1 Å². The zero-order chi connectivity index (χ0) is 10.5. The Morgan fingerprint density at radius 3 is 2.07 bits per heavy atom. The van der Waals surface area contributed by atoms with Crippen LogP contribution in [0.2, 0.25) is 0 Å². The van der Waals surface area contributed by atoms with Crippen molar-refractivity contribution in [3.05, 3.63) is 0 Å². The van der Waals surface area contributed by atoms with Gasteiger partial charge in [-0.2, -0.15) is 0 Å². The number of rotatable bonds is 4. The SMILES string of the molecule is CC(CN1CCCC1)CN1CCNCC1. The highest BCUT2D eigenvalue weighted by molar-refractivity contribution is 4.74. The van der Waals surface area contributed by atoms with Crippen molar-refractivity contribution in [1.82, 2.24) is 15.1 Å². The maximum Gasteiger partial charge on any atom is 0.0107 e. The standard InChI is InChI=1S/C12H25N3/c1-12(10-14-6-2-3-7-14)11-15-8-4-13-5-9-15/h12-13H,2-11H2,1H3. The van der Waals surface area contributed by atoms with Crippen molar-refractivity contribution in [2.75, 3.05) is 52.4 Å². The van der Waals surface area contributed by atoms with Gasteiger partial charge in [-0.25, -0.2) is 0 Å². The molecule has 2 saturated heterocycles. The van der Waals surface area contributed by atoms with Crippen LogP contribution in [-0.4, -0.2) is 62.2 Å². The van der Waals surface area contributed by atoms with Gasteiger partial charge in [-0.3, -0.25) is 0 Å². The molecule has 2 heterocycles. The highest BCUT2D eigenvalue weighted by atomic mass is 15.2. The van der Waals surface area contributed by atoms with Crippen molar-refractivity contribution in [1.29, 1.82) is 0 Å². The van der Waals surface area contributed by atoms with Crippen LogP contribution < -0.4 is 5.32 Å². The molecule has 0 aromatic heterocycles. The third-order valence-corrected chi connectivity index (χ3v) is 3.55. The number of nitrogens with zero attached hydrogens (tertiary/aromatic N) is 2. The summed E-state index contributed by atoms with van der Waals surface area (Å²) in [5.74, 6) is 0.834. The van der Waals surface area contributed by atoms with Gasteiger partial charge in [0.05, 0.1) is 0 Å². The fraction of sp³-hybridized carbons (Fsp3) is 1.00. The predicted molar refractivity (Wildman–Crippen MR) is 64.1 cm³/mol. The molecule has 0 radical (unpaired) electrons. The minimum Gasteiger partial charge on any atom is -0.314 e. The highest BCUT2D eigenvalue weighted by Crippen LogP contribution is 2.11. The Labute approximate surface area is 93.8 Å². The van der Waals surface area contributed by atoms with Crippen LogP contribution in [0.25, 0.3) is 0 Å². The molecule has 0 spiro atoms. The number of nitrogens with one attached hydrogen (secondary N) is 1. The van der Waals surface area contributed by atoms with Gasteiger partial charge in [-0.1, -0.05) is 6.92 Å². The first-order valence-electron chi connectivity index (χ1n) is 6.50. The average molecular weight is 211 g/mol. The average Bonchev–Trinajstić information content (AvgIpc) is 2.71. The molecule has 1 N–H and O–H groups in total. The molecule has 1 atom stereocenters. The van der Waals surface area contributed by atoms with Gasteiger partial charge in [0.15, 0.2) is 0 Å². The first-order valence-corrected chi connectivity index (χ1v) is 6.50. The van der Waals surface area contributed by atoms with E-state index in [-0.39, 0.29) is 0 Å². The predicted octanol–water partition coefficient (Wildman–Crippen LogP) is 0.624. The Morgan fingerprint density at radius 1 is 0.933 bits per heavy atom. The summed E-state index contributed by atoms with van der Waals surface area (Å²) in [5.41, 5.74) is 0. The molecule has 88 valence electrons. The quantitative estimate of drug-likeness (QED) is 0.735. The van der Waals surface area contributed by atoms with Gasteiger partial charge in [0.1, 0.15) is 0 Å². The lowest BCUT2D eigenvalue weighted by atomic mass is 10.1. The summed E-state index contributed by atoms with van der Waals surface area (Å²) in [4.78, 5) is 5.24. The van der Waals surface area contributed by atoms with Gasteiger partial charge >= 0.3 is 0 Å². The zero-order valence-electron chi connectivity index (χ0n) is 10.0. The van der Waals surface area contributed by atoms with Gasteiger partial charge in [0, 0.05) is 39.3 Å². The van der Waals surface area contributed by atoms with E-state index in [1.165, 1.54) is 65.2 Å². The summed E-state index contributed by atoms with van der Waals surface area (Å²) in [5, 5.41) is 3.41. The Kier molecular flexibility index (Phi) is 4.42. The second-order valence-electron chi connectivity index (χ2n) is 5.16. The van der Waals surface area contributed by atoms with E-state index >= 15 is 0 Å². The lowest BCUT2D eigenvalue weighted by Crippen LogP contribution is -2.46. The normalized spacial score (nSPS) is 27.0. The second-order valence-corrected chi connectivity index (χ2v) is 5.16. The number of piperazine rings is 1. The molecule has 3 heteroatoms. The smallest absolute Gasteiger partial charge is 0.0107 e. The molecule has 0 saturated carbocycles. The fourth-order valence-corrected chi connectivity index (χ4v) is 2.80. The van der Waals surface area contributed by atoms with E-state index in [0.29, 0.717) is 0 Å². The number of likely N-dealkylation sites (tertiary alicyclic amines) is 1. The van der Waals surface area contributed by atoms with E-state index in [2.05, 4.69) is 22.0 Å². The molecule has 1 unspecified atom stereocenters. The van der Waals surface area contributed by atoms with Crippen LogP contribution in [0.1, 0.15) is 19.8 Å². The minimum absolute atomic E-state index is 0.834. The van der Waals surface area contributed by atoms with Crippen molar-refractivity contribution >= 4 is 0 Å². The van der Waals surface area contributed by atoms with E-state index in [0.717, 1.165) is 5.92 Å². The van der Waals surface area contributed by atoms with Gasteiger partial charge in [-0.05, 0) is 31.8 Å². The molecular weight excluding hydrogens is 186 g/mol. The molecule has 2 rings (SSSR count). The van der Waals surface area contributed by atoms with Crippen molar-refractivity contribution in [3.8, 4) is 0 Å². The largest absolute Gasteiger partial charge is 0.314 e. The Hall–Kier alpha value is -0.120. The lowest BCUT2D eigenvalue weighted by molar-refractivity contribution is 0.183. The van der Waals surface area contributed by atoms with E-state index in [1.54, 1.807) is 0 Å². The topological polar surface area (TPSA) is 18.5 Å². The third-order valence-electron chi connectivity index (χ3n) is 3.55. The molecule has 2 aliphatic heterocycles. The van der Waals surface area contributed by atoms with Gasteiger partial charge in [-0.15, -0.1) is 0 Å². The molecule has 0 bridgehead atoms. The molecule has 2 aliphatic rings. The van der Waals surface area contributed by atoms with Crippen LogP contribution in [0.15, 0.2) is 0 Å². The van der Waals surface area contributed by atoms with Crippen molar-refractivity contribution in [2.24, 2.45) is 5.92 Å². The van der Waals surface area contributed by atoms with Crippen molar-refractivity contribution in [3.63, 3.8) is 0 Å². The number of hydrogen-bond acceptors (Lipinski definition) is 3. The Balaban J connectivity index is 1.64. The molecule has 0 amide bonds. The summed E-state index contributed by atoms with van der Waals surface area (Å²) in [6.45, 7) is 12.5. The number of hydrogen-bond donors (Lipinski definition) is 1. The van der Waals surface area contributed by atoms with Crippen LogP contribution in [0.3, 0.4) is 0 Å². The van der Waals surface area contributed by atoms with E-state index in [9.17, 15) is 0 Å². The zero-order valence-corrected chi connectivity index (χ0v) is 10.0. The van der Waals surface area contributed by atoms with Gasteiger partial charge in [0.25, 0.3) is 0 Å². The molecule has 2 fully saturated rings. The molecular formula is C12H25N3. The summed E-state index contributed by atoms with van der Waals surface area (Å²) >= 11 is 0. The monoisotopic (exact) mass is 211 g/mol. The first-order chi connectivity index (χ1) is 7.34. The Morgan fingerprint density at radius 2 is 1.47 bits per heavy atom. The van der Waals surface area contributed by atoms with Crippen LogP contribution in [0.4, 0.5) is 0 Å². The van der Waals surface area contributed by atoms with Crippen molar-refractivity contribution < 1.29 is 0 Å². The first kappa shape index (κ1) is 11.4. The summed E-state index contributed by atoms with van der Waals surface area (Å²) in [6.07, 6.45) is 2.83. The molecule has 3 nitrogen and oxygen atoms in total. The van der Waals surface area contributed by atoms with Crippen molar-refractivity contribution in [2.45, 2.75) is 19.8 Å². The fourth-order valence-electron chi connectivity index (χ4n) is 2.80. The maximum atomic E-state index is 3.41. The molecule has 0 aliphatic carbocycles. The minimum atomic E-state index is 0.834. The lowest BCUT2D eigenvalue weighted by Gasteiger charge is -2.31. The molecule has 15 heavy (non-hydrogen) atoms. The summed E-state index contributed by atoms with van der Waals surface area (Å²) < 4.78 is 0. The van der Waals surface area contributed by atoms with E-state index < -0.39 is 0 Å². The maximum absolute atomic E-state index is 3.41. The van der Waals surface area contributed by atoms with E-state index in [4.69, 9.17) is 0 Å². The molecule has 0 aromatic carbocycles. The van der Waals surface area contributed by atoms with Crippen LogP contribution >= 0.6 is 0 Å². The Bertz CT molecular complexity index is 172. The molecule has 0 aromatic rings. The van der Waals surface area contributed by atoms with Crippen LogP contribution in [0, 0.1) is 5.92 Å².